The van der Waals surface area contributed by atoms with Crippen LogP contribution in [0.4, 0.5) is 0 Å². The highest BCUT2D eigenvalue weighted by Crippen LogP contribution is 2.11. The molecule has 0 radical (unpaired) electrons. The second-order valence-electron chi connectivity index (χ2n) is 2.64. The molecule has 0 aliphatic carbocycles. The van der Waals surface area contributed by atoms with Crippen LogP contribution in [0.3, 0.4) is 0 Å². The predicted molar refractivity (Wildman–Crippen MR) is 55.2 cm³/mol. The fourth-order valence-corrected chi connectivity index (χ4v) is 1.16. The molecule has 0 aromatic heterocycles. The molecule has 0 atom stereocenters. The minimum Gasteiger partial charge on any atom is -0.494 e. The van der Waals surface area contributed by atoms with Gasteiger partial charge in [0.25, 0.3) is 0 Å². The summed E-state index contributed by atoms with van der Waals surface area (Å²) >= 11 is 5.50. The summed E-state index contributed by atoms with van der Waals surface area (Å²) in [4.78, 5) is 0. The number of halogens is 1. The van der Waals surface area contributed by atoms with Crippen LogP contribution in [-0.2, 0) is 6.54 Å². The molecule has 0 bridgehead atoms. The maximum absolute atomic E-state index is 5.50. The van der Waals surface area contributed by atoms with Crippen molar-refractivity contribution in [2.45, 2.75) is 13.5 Å². The molecule has 1 rings (SSSR count). The highest BCUT2D eigenvalue weighted by molar-refractivity contribution is 6.17. The average Bonchev–Trinajstić information content (AvgIpc) is 2.17. The Bertz CT molecular complexity index is 235. The average molecular weight is 200 g/mol. The molecule has 3 heteroatoms. The van der Waals surface area contributed by atoms with E-state index >= 15 is 0 Å². The quantitative estimate of drug-likeness (QED) is 0.581. The van der Waals surface area contributed by atoms with Gasteiger partial charge in [-0.25, -0.2) is 0 Å². The molecule has 13 heavy (non-hydrogen) atoms. The maximum Gasteiger partial charge on any atom is 0.119 e. The minimum absolute atomic E-state index is 0.479. The van der Waals surface area contributed by atoms with Gasteiger partial charge in [-0.3, -0.25) is 5.32 Å². The molecule has 0 spiro atoms. The maximum atomic E-state index is 5.50. The van der Waals surface area contributed by atoms with Crippen LogP contribution in [0.5, 0.6) is 5.75 Å². The number of benzene rings is 1. The first-order chi connectivity index (χ1) is 6.36. The predicted octanol–water partition coefficient (Wildman–Crippen LogP) is 2.37. The fourth-order valence-electron chi connectivity index (χ4n) is 1.06. The zero-order valence-corrected chi connectivity index (χ0v) is 8.47. The summed E-state index contributed by atoms with van der Waals surface area (Å²) < 4.78 is 5.32. The molecule has 0 saturated heterocycles. The summed E-state index contributed by atoms with van der Waals surface area (Å²) in [5, 5.41) is 3.04. The van der Waals surface area contributed by atoms with Gasteiger partial charge in [0.1, 0.15) is 5.75 Å². The first-order valence-corrected chi connectivity index (χ1v) is 4.88. The lowest BCUT2D eigenvalue weighted by Gasteiger charge is -2.04. The van der Waals surface area contributed by atoms with E-state index in [0.29, 0.717) is 12.6 Å². The topological polar surface area (TPSA) is 21.3 Å². The second kappa shape index (κ2) is 5.84. The van der Waals surface area contributed by atoms with Gasteiger partial charge in [-0.05, 0) is 24.6 Å². The Morgan fingerprint density at radius 3 is 2.54 bits per heavy atom. The lowest BCUT2D eigenvalue weighted by Crippen LogP contribution is -2.09. The summed E-state index contributed by atoms with van der Waals surface area (Å²) in [6.07, 6.45) is 0. The Kier molecular flexibility index (Phi) is 4.65. The molecule has 2 nitrogen and oxygen atoms in total. The Hall–Kier alpha value is -0.730. The van der Waals surface area contributed by atoms with Crippen molar-refractivity contribution in [2.75, 3.05) is 12.6 Å². The summed E-state index contributed by atoms with van der Waals surface area (Å²) in [5.41, 5.74) is 1.21. The Balaban J connectivity index is 2.48. The number of hydrogen-bond donors (Lipinski definition) is 1. The smallest absolute Gasteiger partial charge is 0.119 e. The number of alkyl halides is 1. The van der Waals surface area contributed by atoms with Gasteiger partial charge in [0.15, 0.2) is 0 Å². The summed E-state index contributed by atoms with van der Waals surface area (Å²) in [7, 11) is 0. The molecule has 1 N–H and O–H groups in total. The van der Waals surface area contributed by atoms with Crippen molar-refractivity contribution >= 4 is 11.6 Å². The van der Waals surface area contributed by atoms with E-state index in [0.717, 1.165) is 12.3 Å². The van der Waals surface area contributed by atoms with Crippen molar-refractivity contribution in [2.24, 2.45) is 0 Å². The number of rotatable bonds is 5. The van der Waals surface area contributed by atoms with E-state index in [-0.39, 0.29) is 0 Å². The molecular weight excluding hydrogens is 186 g/mol. The SMILES string of the molecule is CCOc1ccc(CNCCl)cc1. The van der Waals surface area contributed by atoms with Gasteiger partial charge >= 0.3 is 0 Å². The van der Waals surface area contributed by atoms with E-state index in [9.17, 15) is 0 Å². The van der Waals surface area contributed by atoms with Gasteiger partial charge in [-0.1, -0.05) is 12.1 Å². The molecule has 0 heterocycles. The van der Waals surface area contributed by atoms with Crippen LogP contribution >= 0.6 is 11.6 Å². The van der Waals surface area contributed by atoms with Crippen LogP contribution in [0.25, 0.3) is 0 Å². The van der Waals surface area contributed by atoms with Crippen molar-refractivity contribution in [1.82, 2.24) is 5.32 Å². The highest BCUT2D eigenvalue weighted by Gasteiger charge is 1.93. The zero-order valence-electron chi connectivity index (χ0n) is 7.72. The largest absolute Gasteiger partial charge is 0.494 e. The van der Waals surface area contributed by atoms with E-state index in [1.807, 2.05) is 31.2 Å². The molecule has 0 saturated carbocycles. The van der Waals surface area contributed by atoms with Gasteiger partial charge in [-0.15, -0.1) is 11.6 Å². The molecular formula is C10H14ClNO. The fraction of sp³-hybridized carbons (Fsp3) is 0.400. The molecule has 0 amide bonds. The van der Waals surface area contributed by atoms with Gasteiger partial charge in [0, 0.05) is 6.54 Å². The zero-order chi connectivity index (χ0) is 9.52. The van der Waals surface area contributed by atoms with E-state index in [1.54, 1.807) is 0 Å². The molecule has 0 aliphatic rings. The van der Waals surface area contributed by atoms with Crippen LogP contribution in [0.1, 0.15) is 12.5 Å². The Morgan fingerprint density at radius 1 is 1.31 bits per heavy atom. The first kappa shape index (κ1) is 10.4. The molecule has 0 fully saturated rings. The second-order valence-corrected chi connectivity index (χ2v) is 2.90. The number of hydrogen-bond acceptors (Lipinski definition) is 2. The van der Waals surface area contributed by atoms with Crippen molar-refractivity contribution in [3.8, 4) is 5.75 Å². The van der Waals surface area contributed by atoms with Crippen LogP contribution in [0, 0.1) is 0 Å². The third-order valence-electron chi connectivity index (χ3n) is 1.66. The van der Waals surface area contributed by atoms with E-state index in [4.69, 9.17) is 16.3 Å². The van der Waals surface area contributed by atoms with Crippen molar-refractivity contribution in [3.63, 3.8) is 0 Å². The van der Waals surface area contributed by atoms with Crippen molar-refractivity contribution < 1.29 is 4.74 Å². The molecule has 0 aliphatic heterocycles. The molecule has 0 unspecified atom stereocenters. The van der Waals surface area contributed by atoms with Crippen LogP contribution in [0.2, 0.25) is 0 Å². The third-order valence-corrected chi connectivity index (χ3v) is 1.85. The lowest BCUT2D eigenvalue weighted by molar-refractivity contribution is 0.340. The monoisotopic (exact) mass is 199 g/mol. The Morgan fingerprint density at radius 2 is 2.00 bits per heavy atom. The summed E-state index contributed by atoms with van der Waals surface area (Å²) in [6, 6.07) is 8.48. The summed E-state index contributed by atoms with van der Waals surface area (Å²) in [6.45, 7) is 3.48. The molecule has 1 aromatic carbocycles. The normalized spacial score (nSPS) is 10.0. The Labute approximate surface area is 83.9 Å². The van der Waals surface area contributed by atoms with E-state index in [1.165, 1.54) is 5.56 Å². The van der Waals surface area contributed by atoms with Gasteiger partial charge in [0.2, 0.25) is 0 Å². The van der Waals surface area contributed by atoms with Gasteiger partial charge in [-0.2, -0.15) is 0 Å². The highest BCUT2D eigenvalue weighted by atomic mass is 35.5. The van der Waals surface area contributed by atoms with Gasteiger partial charge < -0.3 is 4.74 Å². The number of nitrogens with one attached hydrogen (secondary N) is 1. The van der Waals surface area contributed by atoms with Gasteiger partial charge in [0.05, 0.1) is 12.6 Å². The van der Waals surface area contributed by atoms with Crippen LogP contribution in [-0.4, -0.2) is 12.6 Å². The van der Waals surface area contributed by atoms with E-state index in [2.05, 4.69) is 5.32 Å². The van der Waals surface area contributed by atoms with Crippen LogP contribution < -0.4 is 10.1 Å². The standard InChI is InChI=1S/C10H14ClNO/c1-2-13-10-5-3-9(4-6-10)7-12-8-11/h3-6,12H,2,7-8H2,1H3. The van der Waals surface area contributed by atoms with E-state index < -0.39 is 0 Å². The first-order valence-electron chi connectivity index (χ1n) is 4.35. The summed E-state index contributed by atoms with van der Waals surface area (Å²) in [5.74, 6) is 0.914. The third kappa shape index (κ3) is 3.66. The van der Waals surface area contributed by atoms with Crippen molar-refractivity contribution in [1.29, 1.82) is 0 Å². The number of ether oxygens (including phenoxy) is 1. The lowest BCUT2D eigenvalue weighted by atomic mass is 10.2. The van der Waals surface area contributed by atoms with Crippen molar-refractivity contribution in [3.05, 3.63) is 29.8 Å². The molecule has 1 aromatic rings. The molecule has 72 valence electrons. The minimum atomic E-state index is 0.479. The van der Waals surface area contributed by atoms with Crippen LogP contribution in [0.15, 0.2) is 24.3 Å².